The molecule has 3 N–H and O–H groups in total. The normalized spacial score (nSPS) is 12.4. The van der Waals surface area contributed by atoms with Gasteiger partial charge in [0.2, 0.25) is 5.91 Å². The van der Waals surface area contributed by atoms with E-state index < -0.39 is 26.2 Å². The molecule has 0 radical (unpaired) electrons. The predicted octanol–water partition coefficient (Wildman–Crippen LogP) is 1.33. The third kappa shape index (κ3) is 12.2. The number of rotatable bonds is 9. The van der Waals surface area contributed by atoms with E-state index in [1.54, 1.807) is 0 Å². The molecule has 0 aliphatic heterocycles. The van der Waals surface area contributed by atoms with Gasteiger partial charge in [-0.1, -0.05) is 19.6 Å². The Hall–Kier alpha value is -1.22. The number of hydrogen-bond donors (Lipinski definition) is 3. The van der Waals surface area contributed by atoms with E-state index in [1.165, 1.54) is 18.7 Å². The summed E-state index contributed by atoms with van der Waals surface area (Å²) in [5.74, 6) is -0.870. The molecule has 0 spiro atoms. The lowest BCUT2D eigenvalue weighted by atomic mass is 10.3. The number of hydrogen-bond acceptors (Lipinski definition) is 5. The van der Waals surface area contributed by atoms with E-state index in [4.69, 9.17) is 9.84 Å². The molecule has 0 aromatic carbocycles. The molecule has 0 fully saturated rings. The number of nitrogens with one attached hydrogen (secondary N) is 2. The molecule has 7 nitrogen and oxygen atoms in total. The maximum absolute atomic E-state index is 11.5. The molecule has 0 heterocycles. The zero-order chi connectivity index (χ0) is 16.5. The van der Waals surface area contributed by atoms with Crippen LogP contribution in [-0.4, -0.2) is 55.4 Å². The quantitative estimate of drug-likeness (QED) is 0.333. The van der Waals surface area contributed by atoms with Crippen LogP contribution in [0.15, 0.2) is 0 Å². The van der Waals surface area contributed by atoms with Gasteiger partial charge in [-0.3, -0.25) is 4.79 Å². The number of thioether (sulfide) groups is 1. The topological polar surface area (TPSA) is 105 Å². The molecule has 0 unspecified atom stereocenters. The summed E-state index contributed by atoms with van der Waals surface area (Å²) in [6, 6.07) is -0.210. The fourth-order valence-corrected chi connectivity index (χ4v) is 2.74. The van der Waals surface area contributed by atoms with E-state index in [0.717, 1.165) is 6.04 Å². The molecule has 122 valence electrons. The van der Waals surface area contributed by atoms with Gasteiger partial charge >= 0.3 is 12.1 Å². The number of carboxylic acid groups (broad SMARTS) is 1. The van der Waals surface area contributed by atoms with Crippen LogP contribution in [0.1, 0.15) is 6.92 Å². The lowest BCUT2D eigenvalue weighted by Gasteiger charge is -2.17. The van der Waals surface area contributed by atoms with E-state index >= 15 is 0 Å². The van der Waals surface area contributed by atoms with Gasteiger partial charge in [0.15, 0.2) is 0 Å². The van der Waals surface area contributed by atoms with Crippen LogP contribution in [0.5, 0.6) is 0 Å². The van der Waals surface area contributed by atoms with Gasteiger partial charge in [-0.15, -0.1) is 11.8 Å². The van der Waals surface area contributed by atoms with Crippen molar-refractivity contribution in [2.24, 2.45) is 0 Å². The largest absolute Gasteiger partial charge is 0.480 e. The number of ether oxygens (including phenoxy) is 1. The standard InChI is InChI=1S/C12H24N2O5SSi/c1-9(15)13-8-20-7-10(11(16)17)14-12(18)19-5-6-21(2,3)4/h10H,5-8H2,1-4H3,(H,13,15)(H,14,18)(H,16,17)/t10-/m0/s1. The molecule has 21 heavy (non-hydrogen) atoms. The van der Waals surface area contributed by atoms with Crippen LogP contribution in [0.4, 0.5) is 4.79 Å². The van der Waals surface area contributed by atoms with Crippen LogP contribution in [0.2, 0.25) is 25.7 Å². The van der Waals surface area contributed by atoms with Crippen LogP contribution in [-0.2, 0) is 14.3 Å². The van der Waals surface area contributed by atoms with E-state index in [0.29, 0.717) is 12.5 Å². The van der Waals surface area contributed by atoms with Crippen molar-refractivity contribution in [3.63, 3.8) is 0 Å². The molecule has 0 aliphatic carbocycles. The van der Waals surface area contributed by atoms with E-state index in [1.807, 2.05) is 0 Å². The second-order valence-electron chi connectivity index (χ2n) is 5.73. The van der Waals surface area contributed by atoms with E-state index in [2.05, 4.69) is 30.3 Å². The summed E-state index contributed by atoms with van der Waals surface area (Å²) < 4.78 is 4.99. The number of carbonyl (C=O) groups excluding carboxylic acids is 2. The van der Waals surface area contributed by atoms with Crippen LogP contribution < -0.4 is 10.6 Å². The number of carbonyl (C=O) groups is 3. The van der Waals surface area contributed by atoms with Gasteiger partial charge < -0.3 is 20.5 Å². The molecule has 2 amide bonds. The highest BCUT2D eigenvalue weighted by molar-refractivity contribution is 7.99. The number of aliphatic carboxylic acids is 1. The molecule has 0 aromatic heterocycles. The maximum Gasteiger partial charge on any atom is 0.407 e. The zero-order valence-electron chi connectivity index (χ0n) is 12.9. The van der Waals surface area contributed by atoms with Crippen molar-refractivity contribution in [2.45, 2.75) is 38.7 Å². The molecule has 0 saturated carbocycles. The number of amides is 2. The smallest absolute Gasteiger partial charge is 0.407 e. The number of alkyl carbamates (subject to hydrolysis) is 1. The minimum absolute atomic E-state index is 0.152. The predicted molar refractivity (Wildman–Crippen MR) is 85.2 cm³/mol. The average molecular weight is 336 g/mol. The van der Waals surface area contributed by atoms with Gasteiger partial charge in [-0.25, -0.2) is 9.59 Å². The summed E-state index contributed by atoms with van der Waals surface area (Å²) in [4.78, 5) is 33.2. The molecular weight excluding hydrogens is 312 g/mol. The molecule has 0 saturated heterocycles. The summed E-state index contributed by atoms with van der Waals surface area (Å²) in [7, 11) is -1.29. The third-order valence-corrected chi connectivity index (χ3v) is 5.00. The molecule has 9 heteroatoms. The summed E-state index contributed by atoms with van der Waals surface area (Å²) in [5.41, 5.74) is 0. The van der Waals surface area contributed by atoms with Gasteiger partial charge in [-0.2, -0.15) is 0 Å². The zero-order valence-corrected chi connectivity index (χ0v) is 14.7. The summed E-state index contributed by atoms with van der Waals surface area (Å²) in [6.07, 6.45) is -0.722. The molecule has 0 aliphatic rings. The highest BCUT2D eigenvalue weighted by Crippen LogP contribution is 2.08. The Kier molecular flexibility index (Phi) is 9.10. The SMILES string of the molecule is CC(=O)NCSC[C@H](NC(=O)OCC[Si](C)(C)C)C(=O)O. The molecule has 1 atom stereocenters. The van der Waals surface area contributed by atoms with Gasteiger partial charge in [0, 0.05) is 20.8 Å². The van der Waals surface area contributed by atoms with Gasteiger partial charge in [0.1, 0.15) is 6.04 Å². The van der Waals surface area contributed by atoms with Crippen LogP contribution in [0, 0.1) is 0 Å². The van der Waals surface area contributed by atoms with Crippen molar-refractivity contribution in [3.05, 3.63) is 0 Å². The van der Waals surface area contributed by atoms with E-state index in [-0.39, 0.29) is 11.7 Å². The highest BCUT2D eigenvalue weighted by Gasteiger charge is 2.21. The second-order valence-corrected chi connectivity index (χ2v) is 12.4. The van der Waals surface area contributed by atoms with Crippen molar-refractivity contribution in [1.29, 1.82) is 0 Å². The highest BCUT2D eigenvalue weighted by atomic mass is 32.2. The minimum Gasteiger partial charge on any atom is -0.480 e. The Morgan fingerprint density at radius 3 is 2.38 bits per heavy atom. The lowest BCUT2D eigenvalue weighted by molar-refractivity contribution is -0.138. The first-order chi connectivity index (χ1) is 9.61. The summed E-state index contributed by atoms with van der Waals surface area (Å²) in [5, 5.41) is 13.9. The van der Waals surface area contributed by atoms with Crippen LogP contribution in [0.25, 0.3) is 0 Å². The Morgan fingerprint density at radius 1 is 1.29 bits per heavy atom. The molecule has 0 aromatic rings. The van der Waals surface area contributed by atoms with Crippen LogP contribution in [0.3, 0.4) is 0 Å². The van der Waals surface area contributed by atoms with Crippen molar-refractivity contribution < 1.29 is 24.2 Å². The number of carboxylic acids is 1. The average Bonchev–Trinajstić information content (AvgIpc) is 2.30. The Labute approximate surface area is 130 Å². The van der Waals surface area contributed by atoms with Gasteiger partial charge in [0.25, 0.3) is 0 Å². The summed E-state index contributed by atoms with van der Waals surface area (Å²) >= 11 is 1.21. The third-order valence-electron chi connectivity index (χ3n) is 2.38. The first-order valence-electron chi connectivity index (χ1n) is 6.60. The Morgan fingerprint density at radius 2 is 1.90 bits per heavy atom. The van der Waals surface area contributed by atoms with E-state index in [9.17, 15) is 14.4 Å². The van der Waals surface area contributed by atoms with Gasteiger partial charge in [0.05, 0.1) is 12.5 Å². The monoisotopic (exact) mass is 336 g/mol. The van der Waals surface area contributed by atoms with Crippen LogP contribution >= 0.6 is 11.8 Å². The lowest BCUT2D eigenvalue weighted by Crippen LogP contribution is -2.43. The fraction of sp³-hybridized carbons (Fsp3) is 0.750. The first-order valence-corrected chi connectivity index (χ1v) is 11.5. The Balaban J connectivity index is 4.04. The fourth-order valence-electron chi connectivity index (χ4n) is 1.14. The molecule has 0 bridgehead atoms. The summed E-state index contributed by atoms with van der Waals surface area (Å²) in [6.45, 7) is 8.16. The van der Waals surface area contributed by atoms with Crippen molar-refractivity contribution in [2.75, 3.05) is 18.2 Å². The maximum atomic E-state index is 11.5. The van der Waals surface area contributed by atoms with Gasteiger partial charge in [-0.05, 0) is 6.04 Å². The van der Waals surface area contributed by atoms with Crippen molar-refractivity contribution in [3.8, 4) is 0 Å². The van der Waals surface area contributed by atoms with Crippen molar-refractivity contribution in [1.82, 2.24) is 10.6 Å². The Bertz CT molecular complexity index is 373. The molecule has 0 rings (SSSR count). The molecular formula is C12H24N2O5SSi. The van der Waals surface area contributed by atoms with Crippen molar-refractivity contribution >= 4 is 37.8 Å². The first kappa shape index (κ1) is 19.8. The minimum atomic E-state index is -1.29. The second kappa shape index (κ2) is 9.67.